The average Bonchev–Trinajstić information content (AvgIpc) is 1.63. The van der Waals surface area contributed by atoms with Gasteiger partial charge in [-0.2, -0.15) is 0 Å². The number of rotatable bonds is 46. The van der Waals surface area contributed by atoms with Gasteiger partial charge in [0.15, 0.2) is 17.3 Å². The third-order valence-electron chi connectivity index (χ3n) is 22.0. The van der Waals surface area contributed by atoms with Crippen LogP contribution in [0.4, 0.5) is 0 Å². The van der Waals surface area contributed by atoms with Crippen LogP contribution in [0, 0.1) is 48.9 Å². The predicted molar refractivity (Wildman–Crippen MR) is 484 cm³/mol. The summed E-state index contributed by atoms with van der Waals surface area (Å²) >= 11 is 4.82. The summed E-state index contributed by atoms with van der Waals surface area (Å²) in [5.41, 5.74) is 25.1. The summed E-state index contributed by atoms with van der Waals surface area (Å²) in [7, 11) is 0. The number of aliphatic hydroxyl groups is 3. The van der Waals surface area contributed by atoms with Crippen LogP contribution in [0.5, 0.6) is 0 Å². The number of likely N-dealkylation sites (tertiary alicyclic amines) is 3. The molecule has 3 saturated heterocycles. The SMILES string of the molecule is CCCOCCOCCC(=O)C[C@H](C(=O)N1C[C@H](O)C[C@H]1C(=O)CCc1ccc(-c2scnc2C)cc1)C(C)(C)C.CCCOCCOCCC(=O)O.Cc1ncsc1-c1ccc(CCC(=O)[C@@H]2C[C@@H](O)CN2C(=O)[C@@H](CC(=O)CCOCCOCCN)C(C)(C)C)cc1.Cc1ncsc1-c1ccc(CCC(=O)[C@@H]2C[C@@H](O)CN2C(=O)[C@@H](N)C(C)(C)C)cc1. The molecule has 8 N–H and O–H groups in total. The number of hydrogen-bond acceptors (Lipinski definition) is 26. The van der Waals surface area contributed by atoms with Crippen molar-refractivity contribution in [3.8, 4) is 31.3 Å². The molecule has 3 aliphatic heterocycles. The zero-order chi connectivity index (χ0) is 91.3. The number of ether oxygens (including phenoxy) is 6. The Morgan fingerprint density at radius 3 is 0.952 bits per heavy atom. The van der Waals surface area contributed by atoms with Gasteiger partial charge in [0, 0.05) is 115 Å². The van der Waals surface area contributed by atoms with Crippen LogP contribution < -0.4 is 11.5 Å². The highest BCUT2D eigenvalue weighted by molar-refractivity contribution is 7.14. The third kappa shape index (κ3) is 35.2. The molecule has 0 spiro atoms. The van der Waals surface area contributed by atoms with Crippen molar-refractivity contribution >= 4 is 86.6 Å². The number of thiazole rings is 3. The Balaban J connectivity index is 0.000000272. The van der Waals surface area contributed by atoms with E-state index in [0.29, 0.717) is 85.1 Å². The van der Waals surface area contributed by atoms with Gasteiger partial charge < -0.3 is 75.0 Å². The van der Waals surface area contributed by atoms with E-state index in [1.165, 1.54) is 14.7 Å². The highest BCUT2D eigenvalue weighted by Crippen LogP contribution is 2.38. The molecule has 9 rings (SSSR count). The highest BCUT2D eigenvalue weighted by Gasteiger charge is 2.47. The lowest BCUT2D eigenvalue weighted by Crippen LogP contribution is -2.53. The second-order valence-corrected chi connectivity index (χ2v) is 37.8. The van der Waals surface area contributed by atoms with Crippen molar-refractivity contribution < 1.29 is 92.0 Å². The van der Waals surface area contributed by atoms with E-state index >= 15 is 0 Å². The Bertz CT molecular complexity index is 4090. The summed E-state index contributed by atoms with van der Waals surface area (Å²) in [4.78, 5) is 136. The number of carboxylic acids is 1. The highest BCUT2D eigenvalue weighted by atomic mass is 32.1. The average molecular weight is 1780 g/mol. The molecule has 0 bridgehead atoms. The monoisotopic (exact) mass is 1780 g/mol. The zero-order valence-corrected chi connectivity index (χ0v) is 77.9. The fourth-order valence-corrected chi connectivity index (χ4v) is 17.0. The molecule has 0 aliphatic carbocycles. The number of carbonyl (C=O) groups is 9. The van der Waals surface area contributed by atoms with Gasteiger partial charge >= 0.3 is 5.97 Å². The van der Waals surface area contributed by atoms with Crippen molar-refractivity contribution in [2.45, 2.75) is 242 Å². The number of hydrogen-bond donors (Lipinski definition) is 6. The van der Waals surface area contributed by atoms with E-state index in [0.717, 1.165) is 84.5 Å². The van der Waals surface area contributed by atoms with E-state index in [-0.39, 0.29) is 150 Å². The molecule has 6 heterocycles. The number of nitrogens with two attached hydrogens (primary N) is 2. The number of amides is 3. The van der Waals surface area contributed by atoms with Crippen molar-refractivity contribution in [1.82, 2.24) is 29.7 Å². The minimum absolute atomic E-state index is 0.0246. The first-order valence-electron chi connectivity index (χ1n) is 43.6. The standard InChI is InChI=1S/C32H46N2O6S.C31H45N3O6S.C23H31N3O3S.C8H16O4/c1-6-14-39-16-17-40-15-13-25(35)18-27(32(3,4)5)31(38)34-20-26(36)19-28(34)29(37)12-9-23-7-10-24(11-8-23)30-22(2)33-21-41-30;1-21-29(41-20-33-21)23-8-5-22(6-9-23)7-10-28(37)27-18-25(36)19-34(27)30(38)26(31(2,3)4)17-24(35)11-13-39-15-16-40-14-12-32;1-14-20(30-13-25-14)16-8-5-15(6-9-16)7-10-19(28)18-11-17(27)12-26(18)22(29)21(24)23(2,3)4;1-2-4-11-6-7-12-5-3-8(9)10/h7-8,10-11,21,26-28,36H,6,9,12-20H2,1-5H3;5-6,8-9,20,25-27,36H,7,10-19,32H2,1-4H3;5-6,8-9,13,17-18,21,27H,7,10-12,24H2,1-4H3;2-7H2,1H3,(H,9,10)/t26-,27-,28+;25-,26-,27+;17-,18+,21-;/m111./s1. The molecule has 3 aromatic heterocycles. The summed E-state index contributed by atoms with van der Waals surface area (Å²) in [6.45, 7) is 33.6. The van der Waals surface area contributed by atoms with Crippen LogP contribution in [0.2, 0.25) is 0 Å². The van der Waals surface area contributed by atoms with Crippen molar-refractivity contribution in [1.29, 1.82) is 0 Å². The summed E-state index contributed by atoms with van der Waals surface area (Å²) < 4.78 is 31.7. The number of aryl methyl sites for hydroxylation is 6. The molecular weight excluding hydrogens is 1640 g/mol. The normalized spacial score (nSPS) is 17.8. The molecule has 0 radical (unpaired) electrons. The number of nitrogens with zero attached hydrogens (tertiary/aromatic N) is 6. The van der Waals surface area contributed by atoms with E-state index < -0.39 is 76.5 Å². The lowest BCUT2D eigenvalue weighted by Gasteiger charge is -2.34. The number of carbonyl (C=O) groups excluding carboxylic acids is 8. The second-order valence-electron chi connectivity index (χ2n) is 35.3. The van der Waals surface area contributed by atoms with E-state index in [9.17, 15) is 58.5 Å². The first-order chi connectivity index (χ1) is 58.9. The molecule has 124 heavy (non-hydrogen) atoms. The number of benzene rings is 3. The maximum atomic E-state index is 13.8. The number of ketones is 5. The van der Waals surface area contributed by atoms with E-state index in [1.54, 1.807) is 34.0 Å². The van der Waals surface area contributed by atoms with Crippen molar-refractivity contribution in [2.24, 2.45) is 39.5 Å². The predicted octanol–water partition coefficient (Wildman–Crippen LogP) is 12.5. The lowest BCUT2D eigenvalue weighted by molar-refractivity contribution is -0.146. The molecule has 0 unspecified atom stereocenters. The molecule has 686 valence electrons. The quantitative estimate of drug-likeness (QED) is 0.0193. The largest absolute Gasteiger partial charge is 0.481 e. The number of aliphatic carboxylic acids is 1. The molecular formula is C94H138N8O19S3. The van der Waals surface area contributed by atoms with Gasteiger partial charge in [0.1, 0.15) is 11.6 Å². The summed E-state index contributed by atoms with van der Waals surface area (Å²) in [5, 5.41) is 39.2. The van der Waals surface area contributed by atoms with E-state index in [2.05, 4.69) is 27.1 Å². The fourth-order valence-electron chi connectivity index (χ4n) is 14.6. The summed E-state index contributed by atoms with van der Waals surface area (Å²) in [5.74, 6) is -3.04. The van der Waals surface area contributed by atoms with Gasteiger partial charge in [0.2, 0.25) is 17.7 Å². The summed E-state index contributed by atoms with van der Waals surface area (Å²) in [6, 6.07) is 21.8. The van der Waals surface area contributed by atoms with Crippen molar-refractivity contribution in [3.63, 3.8) is 0 Å². The van der Waals surface area contributed by atoms with Gasteiger partial charge in [-0.05, 0) is 103 Å². The van der Waals surface area contributed by atoms with Gasteiger partial charge in [0.05, 0.1) is 163 Å². The number of aromatic nitrogens is 3. The molecule has 3 fully saturated rings. The first-order valence-corrected chi connectivity index (χ1v) is 46.2. The topological polar surface area (TPSA) is 390 Å². The van der Waals surface area contributed by atoms with Gasteiger partial charge in [-0.1, -0.05) is 149 Å². The third-order valence-corrected chi connectivity index (χ3v) is 24.9. The fraction of sp³-hybridized carbons (Fsp3) is 0.617. The molecule has 3 aliphatic rings. The lowest BCUT2D eigenvalue weighted by atomic mass is 9.76. The first kappa shape index (κ1) is 105. The minimum atomic E-state index is -0.829. The molecule has 9 atom stereocenters. The van der Waals surface area contributed by atoms with Crippen LogP contribution in [0.25, 0.3) is 31.3 Å². The molecule has 0 saturated carbocycles. The Morgan fingerprint density at radius 1 is 0.411 bits per heavy atom. The van der Waals surface area contributed by atoms with Gasteiger partial charge in [0.25, 0.3) is 0 Å². The Labute approximate surface area is 745 Å². The van der Waals surface area contributed by atoms with E-state index in [1.807, 2.05) is 174 Å². The van der Waals surface area contributed by atoms with Crippen molar-refractivity contribution in [2.75, 3.05) is 105 Å². The molecule has 30 heteroatoms. The van der Waals surface area contributed by atoms with E-state index in [4.69, 9.17) is 45.0 Å². The smallest absolute Gasteiger partial charge is 0.305 e. The van der Waals surface area contributed by atoms with Crippen LogP contribution >= 0.6 is 34.0 Å². The maximum Gasteiger partial charge on any atom is 0.305 e. The summed E-state index contributed by atoms with van der Waals surface area (Å²) in [6.07, 6.45) is 3.68. The zero-order valence-electron chi connectivity index (χ0n) is 75.5. The number of carboxylic acid groups (broad SMARTS) is 1. The molecule has 6 aromatic rings. The van der Waals surface area contributed by atoms with Crippen LogP contribution in [0.1, 0.15) is 193 Å². The van der Waals surface area contributed by atoms with Crippen LogP contribution in [0.15, 0.2) is 89.3 Å². The van der Waals surface area contributed by atoms with Gasteiger partial charge in [-0.15, -0.1) is 34.0 Å². The Morgan fingerprint density at radius 2 is 0.694 bits per heavy atom. The second kappa shape index (κ2) is 53.2. The van der Waals surface area contributed by atoms with Crippen LogP contribution in [0.3, 0.4) is 0 Å². The molecule has 3 aromatic carbocycles. The number of β-amino-alcohol motifs (C(OH)–C–C–N with tert-alkyl or cyclic N) is 3. The van der Waals surface area contributed by atoms with Crippen LogP contribution in [-0.2, 0) is 90.8 Å². The van der Waals surface area contributed by atoms with Gasteiger partial charge in [-0.3, -0.25) is 43.2 Å². The van der Waals surface area contributed by atoms with Crippen molar-refractivity contribution in [3.05, 3.63) is 123 Å². The molecule has 27 nitrogen and oxygen atoms in total. The van der Waals surface area contributed by atoms with Gasteiger partial charge in [-0.25, -0.2) is 15.0 Å². The number of Topliss-reactive ketones (excluding diaryl/α,β-unsaturated/α-hetero) is 5. The number of aliphatic hydroxyl groups excluding tert-OH is 3. The minimum Gasteiger partial charge on any atom is -0.481 e. The Hall–Kier alpha value is -7.66. The molecule has 3 amide bonds. The van der Waals surface area contributed by atoms with Crippen LogP contribution in [-0.4, -0.2) is 251 Å². The Kier molecular flexibility index (Phi) is 45.1. The maximum absolute atomic E-state index is 13.8.